The van der Waals surface area contributed by atoms with E-state index in [-0.39, 0.29) is 12.0 Å². The number of aliphatic imine (C=N–C) groups is 1. The summed E-state index contributed by atoms with van der Waals surface area (Å²) in [5, 5.41) is 3.04. The Bertz CT molecular complexity index is 304. The second-order valence-electron chi connectivity index (χ2n) is 5.18. The van der Waals surface area contributed by atoms with Crippen LogP contribution in [0.5, 0.6) is 0 Å². The fourth-order valence-electron chi connectivity index (χ4n) is 2.09. The van der Waals surface area contributed by atoms with Crippen molar-refractivity contribution in [2.24, 2.45) is 16.6 Å². The number of nitrogens with two attached hydrogens (primary N) is 1. The van der Waals surface area contributed by atoms with Gasteiger partial charge in [-0.1, -0.05) is 6.92 Å². The van der Waals surface area contributed by atoms with Crippen LogP contribution >= 0.6 is 0 Å². The highest BCUT2D eigenvalue weighted by Gasteiger charge is 2.34. The van der Waals surface area contributed by atoms with Crippen molar-refractivity contribution in [3.63, 3.8) is 0 Å². The maximum Gasteiger partial charge on any atom is 0.401 e. The van der Waals surface area contributed by atoms with E-state index in [1.165, 1.54) is 4.90 Å². The Labute approximate surface area is 112 Å². The Kier molecular flexibility index (Phi) is 5.90. The standard InChI is InChI=1S/C12H23F3N4/c1-3-9(2)18-11(16)17-6-10-4-5-19(7-10)8-12(13,14)15/h9-10H,3-8H2,1-2H3,(H3,16,17,18)/t9-,10-/m0/s1. The largest absolute Gasteiger partial charge is 0.401 e. The van der Waals surface area contributed by atoms with Gasteiger partial charge in [-0.15, -0.1) is 0 Å². The van der Waals surface area contributed by atoms with Crippen LogP contribution in [0.2, 0.25) is 0 Å². The van der Waals surface area contributed by atoms with Crippen LogP contribution in [0.3, 0.4) is 0 Å². The topological polar surface area (TPSA) is 53.6 Å². The van der Waals surface area contributed by atoms with Gasteiger partial charge in [0.1, 0.15) is 0 Å². The zero-order valence-corrected chi connectivity index (χ0v) is 11.5. The second-order valence-corrected chi connectivity index (χ2v) is 5.18. The lowest BCUT2D eigenvalue weighted by atomic mass is 10.1. The van der Waals surface area contributed by atoms with E-state index in [9.17, 15) is 13.2 Å². The summed E-state index contributed by atoms with van der Waals surface area (Å²) in [4.78, 5) is 5.63. The second kappa shape index (κ2) is 6.98. The van der Waals surface area contributed by atoms with Crippen LogP contribution in [0.1, 0.15) is 26.7 Å². The highest BCUT2D eigenvalue weighted by Crippen LogP contribution is 2.22. The number of guanidine groups is 1. The number of alkyl halides is 3. The maximum atomic E-state index is 12.2. The molecular weight excluding hydrogens is 257 g/mol. The molecule has 1 aliphatic heterocycles. The molecule has 0 bridgehead atoms. The molecule has 0 amide bonds. The predicted molar refractivity (Wildman–Crippen MR) is 70.0 cm³/mol. The molecule has 112 valence electrons. The maximum absolute atomic E-state index is 12.2. The summed E-state index contributed by atoms with van der Waals surface area (Å²) in [7, 11) is 0. The van der Waals surface area contributed by atoms with Gasteiger partial charge >= 0.3 is 6.18 Å². The van der Waals surface area contributed by atoms with E-state index in [1.54, 1.807) is 0 Å². The van der Waals surface area contributed by atoms with Crippen molar-refractivity contribution in [3.05, 3.63) is 0 Å². The first-order valence-electron chi connectivity index (χ1n) is 6.65. The lowest BCUT2D eigenvalue weighted by Crippen LogP contribution is -2.38. The summed E-state index contributed by atoms with van der Waals surface area (Å²) in [5.74, 6) is 0.545. The number of nitrogens with zero attached hydrogens (tertiary/aromatic N) is 2. The Morgan fingerprint density at radius 2 is 2.21 bits per heavy atom. The van der Waals surface area contributed by atoms with Gasteiger partial charge in [-0.25, -0.2) is 0 Å². The molecule has 0 aromatic carbocycles. The van der Waals surface area contributed by atoms with Crippen LogP contribution in [0.15, 0.2) is 4.99 Å². The van der Waals surface area contributed by atoms with Crippen molar-refractivity contribution in [3.8, 4) is 0 Å². The SMILES string of the molecule is CC[C@H](C)NC(N)=NC[C@@H]1CCN(CC(F)(F)F)C1. The summed E-state index contributed by atoms with van der Waals surface area (Å²) in [6.07, 6.45) is -2.43. The van der Waals surface area contributed by atoms with Gasteiger partial charge in [-0.3, -0.25) is 9.89 Å². The molecule has 3 N–H and O–H groups in total. The average Bonchev–Trinajstić information content (AvgIpc) is 2.71. The van der Waals surface area contributed by atoms with Gasteiger partial charge in [0.25, 0.3) is 0 Å². The van der Waals surface area contributed by atoms with Crippen molar-refractivity contribution in [1.82, 2.24) is 10.2 Å². The third-order valence-corrected chi connectivity index (χ3v) is 3.30. The van der Waals surface area contributed by atoms with E-state index >= 15 is 0 Å². The smallest absolute Gasteiger partial charge is 0.370 e. The Morgan fingerprint density at radius 3 is 2.79 bits per heavy atom. The molecular formula is C12H23F3N4. The van der Waals surface area contributed by atoms with E-state index < -0.39 is 12.7 Å². The molecule has 19 heavy (non-hydrogen) atoms. The molecule has 0 aromatic rings. The molecule has 7 heteroatoms. The predicted octanol–water partition coefficient (Wildman–Crippen LogP) is 1.57. The molecule has 1 aliphatic rings. The summed E-state index contributed by atoms with van der Waals surface area (Å²) in [5.41, 5.74) is 5.71. The van der Waals surface area contributed by atoms with E-state index in [4.69, 9.17) is 5.73 Å². The van der Waals surface area contributed by atoms with Crippen molar-refractivity contribution < 1.29 is 13.2 Å². The van der Waals surface area contributed by atoms with Crippen molar-refractivity contribution in [2.45, 2.75) is 38.9 Å². The van der Waals surface area contributed by atoms with Gasteiger partial charge in [-0.2, -0.15) is 13.2 Å². The van der Waals surface area contributed by atoms with Crippen LogP contribution in [0, 0.1) is 5.92 Å². The number of hydrogen-bond donors (Lipinski definition) is 2. The first-order chi connectivity index (χ1) is 8.80. The zero-order chi connectivity index (χ0) is 14.5. The van der Waals surface area contributed by atoms with Crippen LogP contribution in [-0.2, 0) is 0 Å². The van der Waals surface area contributed by atoms with Gasteiger partial charge in [0.2, 0.25) is 0 Å². The first kappa shape index (κ1) is 16.1. The molecule has 1 rings (SSSR count). The molecule has 1 saturated heterocycles. The van der Waals surface area contributed by atoms with E-state index in [2.05, 4.69) is 10.3 Å². The Morgan fingerprint density at radius 1 is 1.53 bits per heavy atom. The first-order valence-corrected chi connectivity index (χ1v) is 6.65. The average molecular weight is 280 g/mol. The fraction of sp³-hybridized carbons (Fsp3) is 0.917. The van der Waals surface area contributed by atoms with Gasteiger partial charge in [0, 0.05) is 19.1 Å². The van der Waals surface area contributed by atoms with Crippen molar-refractivity contribution >= 4 is 5.96 Å². The molecule has 1 heterocycles. The minimum atomic E-state index is -4.12. The van der Waals surface area contributed by atoms with Gasteiger partial charge < -0.3 is 11.1 Å². The molecule has 0 unspecified atom stereocenters. The summed E-state index contributed by atoms with van der Waals surface area (Å²) in [6.45, 7) is 4.63. The molecule has 0 aromatic heterocycles. The van der Waals surface area contributed by atoms with Crippen LogP contribution in [-0.4, -0.2) is 49.3 Å². The molecule has 0 saturated carbocycles. The van der Waals surface area contributed by atoms with Crippen molar-refractivity contribution in [2.75, 3.05) is 26.2 Å². The number of rotatable bonds is 5. The highest BCUT2D eigenvalue weighted by molar-refractivity contribution is 5.78. The summed E-state index contributed by atoms with van der Waals surface area (Å²) in [6, 6.07) is 0.258. The Hall–Kier alpha value is -0.980. The zero-order valence-electron chi connectivity index (χ0n) is 11.5. The number of hydrogen-bond acceptors (Lipinski definition) is 2. The van der Waals surface area contributed by atoms with Crippen LogP contribution < -0.4 is 11.1 Å². The number of likely N-dealkylation sites (tertiary alicyclic amines) is 1. The molecule has 0 radical (unpaired) electrons. The lowest BCUT2D eigenvalue weighted by Gasteiger charge is -2.17. The van der Waals surface area contributed by atoms with E-state index in [0.717, 1.165) is 12.8 Å². The molecule has 0 aliphatic carbocycles. The van der Waals surface area contributed by atoms with Gasteiger partial charge in [0.15, 0.2) is 5.96 Å². The number of nitrogens with one attached hydrogen (secondary N) is 1. The van der Waals surface area contributed by atoms with Crippen LogP contribution in [0.25, 0.3) is 0 Å². The quantitative estimate of drug-likeness (QED) is 0.594. The number of halogens is 3. The minimum Gasteiger partial charge on any atom is -0.370 e. The summed E-state index contributed by atoms with van der Waals surface area (Å²) < 4.78 is 36.7. The van der Waals surface area contributed by atoms with Gasteiger partial charge in [-0.05, 0) is 32.2 Å². The summed E-state index contributed by atoms with van der Waals surface area (Å²) >= 11 is 0. The minimum absolute atomic E-state index is 0.166. The van der Waals surface area contributed by atoms with Gasteiger partial charge in [0.05, 0.1) is 6.54 Å². The van der Waals surface area contributed by atoms with Crippen LogP contribution in [0.4, 0.5) is 13.2 Å². The third kappa shape index (κ3) is 6.66. The molecule has 4 nitrogen and oxygen atoms in total. The lowest BCUT2D eigenvalue weighted by molar-refractivity contribution is -0.143. The third-order valence-electron chi connectivity index (χ3n) is 3.30. The van der Waals surface area contributed by atoms with E-state index in [1.807, 2.05) is 13.8 Å². The fourth-order valence-corrected chi connectivity index (χ4v) is 2.09. The molecule has 1 fully saturated rings. The highest BCUT2D eigenvalue weighted by atomic mass is 19.4. The van der Waals surface area contributed by atoms with Crippen molar-refractivity contribution in [1.29, 1.82) is 0 Å². The Balaban J connectivity index is 2.30. The monoisotopic (exact) mass is 280 g/mol. The molecule has 2 atom stereocenters. The normalized spacial score (nSPS) is 23.6. The molecule has 0 spiro atoms. The van der Waals surface area contributed by atoms with E-state index in [0.29, 0.717) is 25.6 Å².